The number of amides is 4. The van der Waals surface area contributed by atoms with Gasteiger partial charge in [0.05, 0.1) is 25.1 Å². The van der Waals surface area contributed by atoms with Crippen LogP contribution in [0.2, 0.25) is 0 Å². The molecule has 4 amide bonds. The number of hydrogen-bond acceptors (Lipinski definition) is 8. The Morgan fingerprint density at radius 3 is 2.50 bits per heavy atom. The minimum absolute atomic E-state index is 0.0466. The average Bonchev–Trinajstić information content (AvgIpc) is 3.70. The van der Waals surface area contributed by atoms with Crippen LogP contribution >= 0.6 is 0 Å². The summed E-state index contributed by atoms with van der Waals surface area (Å²) in [7, 11) is 0. The van der Waals surface area contributed by atoms with Crippen molar-refractivity contribution in [1.29, 1.82) is 0 Å². The van der Waals surface area contributed by atoms with Crippen LogP contribution in [0, 0.1) is 17.6 Å². The van der Waals surface area contributed by atoms with Gasteiger partial charge in [-0.25, -0.2) is 8.78 Å². The number of carbonyl (C=O) groups excluding carboxylic acids is 4. The van der Waals surface area contributed by atoms with Crippen molar-refractivity contribution in [2.24, 2.45) is 5.92 Å². The number of nitrogens with one attached hydrogen (secondary N) is 2. The summed E-state index contributed by atoms with van der Waals surface area (Å²) >= 11 is 0. The van der Waals surface area contributed by atoms with Crippen LogP contribution in [0.15, 0.2) is 18.2 Å². The van der Waals surface area contributed by atoms with E-state index in [1.165, 1.54) is 11.0 Å². The Bertz CT molecular complexity index is 1270. The maximum atomic E-state index is 14.0. The SMILES string of the molecule is O=C1C[C@@H]2O[C@H](CNC(=O)[C@@H]3CN(CCN3C(=O)C3CC3)C(=O)[C@@H]3C[C@@H](CN3Cc3ccc(F)c(F)c3)N1)[C@@H](O)[C@H]2O. The zero-order valence-corrected chi connectivity index (χ0v) is 23.0. The third kappa shape index (κ3) is 5.72. The number of aliphatic hydroxyl groups is 2. The lowest BCUT2D eigenvalue weighted by Gasteiger charge is -2.42. The van der Waals surface area contributed by atoms with Crippen molar-refractivity contribution in [2.75, 3.05) is 32.7 Å². The topological polar surface area (TPSA) is 152 Å². The Kier molecular flexibility index (Phi) is 7.89. The van der Waals surface area contributed by atoms with Crippen LogP contribution in [-0.4, -0.2) is 124 Å². The van der Waals surface area contributed by atoms with Gasteiger partial charge in [0.1, 0.15) is 24.4 Å². The van der Waals surface area contributed by atoms with E-state index in [4.69, 9.17) is 4.74 Å². The molecule has 1 aromatic rings. The molecule has 0 aromatic heterocycles. The Morgan fingerprint density at radius 1 is 1.00 bits per heavy atom. The largest absolute Gasteiger partial charge is 0.388 e. The van der Waals surface area contributed by atoms with Gasteiger partial charge in [0.25, 0.3) is 0 Å². The molecule has 5 aliphatic rings. The summed E-state index contributed by atoms with van der Waals surface area (Å²) in [5.74, 6) is -3.50. The van der Waals surface area contributed by atoms with Crippen LogP contribution in [0.4, 0.5) is 8.78 Å². The summed E-state index contributed by atoms with van der Waals surface area (Å²) in [5.41, 5.74) is 0.448. The van der Waals surface area contributed by atoms with Crippen molar-refractivity contribution in [2.45, 2.75) is 74.8 Å². The number of carbonyl (C=O) groups is 4. The first-order valence-electron chi connectivity index (χ1n) is 14.4. The summed E-state index contributed by atoms with van der Waals surface area (Å²) < 4.78 is 33.3. The number of likely N-dealkylation sites (tertiary alicyclic amines) is 1. The molecular formula is C28H35F2N5O7. The summed E-state index contributed by atoms with van der Waals surface area (Å²) in [6.07, 6.45) is -3.19. The van der Waals surface area contributed by atoms with Crippen LogP contribution in [0.25, 0.3) is 0 Å². The number of hydrogen-bond donors (Lipinski definition) is 4. The normalized spacial score (nSPS) is 34.4. The van der Waals surface area contributed by atoms with E-state index in [1.54, 1.807) is 9.80 Å². The minimum atomic E-state index is -1.35. The zero-order chi connectivity index (χ0) is 29.7. The van der Waals surface area contributed by atoms with Crippen LogP contribution in [0.5, 0.6) is 0 Å². The molecule has 0 radical (unpaired) electrons. The molecule has 6 rings (SSSR count). The number of halogens is 2. The van der Waals surface area contributed by atoms with Gasteiger partial charge in [-0.05, 0) is 37.0 Å². The number of rotatable bonds is 3. The monoisotopic (exact) mass is 591 g/mol. The highest BCUT2D eigenvalue weighted by Crippen LogP contribution is 2.33. The molecule has 1 aromatic carbocycles. The molecule has 1 saturated carbocycles. The van der Waals surface area contributed by atoms with E-state index in [1.807, 2.05) is 0 Å². The predicted molar refractivity (Wildman–Crippen MR) is 140 cm³/mol. The number of fused-ring (bicyclic) bond motifs is 6. The first kappa shape index (κ1) is 28.9. The zero-order valence-electron chi connectivity index (χ0n) is 23.0. The summed E-state index contributed by atoms with van der Waals surface area (Å²) in [4.78, 5) is 58.2. The van der Waals surface area contributed by atoms with Crippen molar-refractivity contribution >= 4 is 23.6 Å². The first-order valence-corrected chi connectivity index (χ1v) is 14.4. The lowest BCUT2D eigenvalue weighted by Crippen LogP contribution is -2.63. The molecule has 4 N–H and O–H groups in total. The fourth-order valence-corrected chi connectivity index (χ4v) is 6.51. The standard InChI is InChI=1S/C28H35F2N5O7/c29-17-4-1-14(7-18(17)30)11-34-12-16-8-19(34)28(41)33-5-6-35(27(40)15-2-3-15)20(13-33)26(39)31-10-22-25(38)24(37)21(42-22)9-23(36)32-16/h1,4,7,15-16,19-22,24-25,37-38H,2-3,5-6,8-13H2,(H,31,39)(H,32,36)/t16-,19-,20-,21-,22+,24-,25+/m0/s1. The predicted octanol–water partition coefficient (Wildman–Crippen LogP) is -1.52. The number of nitrogens with zero attached hydrogens (tertiary/aromatic N) is 3. The van der Waals surface area contributed by atoms with Crippen LogP contribution in [0.1, 0.15) is 31.2 Å². The molecule has 4 saturated heterocycles. The van der Waals surface area contributed by atoms with Crippen LogP contribution < -0.4 is 10.6 Å². The van der Waals surface area contributed by atoms with Crippen LogP contribution in [-0.2, 0) is 30.5 Å². The molecule has 42 heavy (non-hydrogen) atoms. The smallest absolute Gasteiger partial charge is 0.244 e. The summed E-state index contributed by atoms with van der Waals surface area (Å²) in [6.45, 7) is 0.532. The van der Waals surface area contributed by atoms with E-state index in [2.05, 4.69) is 10.6 Å². The van der Waals surface area contributed by atoms with Gasteiger partial charge >= 0.3 is 0 Å². The highest BCUT2D eigenvalue weighted by atomic mass is 19.2. The lowest BCUT2D eigenvalue weighted by atomic mass is 10.0. The molecular weight excluding hydrogens is 556 g/mol. The van der Waals surface area contributed by atoms with Gasteiger partial charge in [0, 0.05) is 44.7 Å². The first-order chi connectivity index (χ1) is 20.1. The summed E-state index contributed by atoms with van der Waals surface area (Å²) in [6, 6.07) is 1.36. The molecule has 5 fully saturated rings. The van der Waals surface area contributed by atoms with E-state index < -0.39 is 66.0 Å². The maximum Gasteiger partial charge on any atom is 0.244 e. The second-order valence-corrected chi connectivity index (χ2v) is 11.9. The number of aliphatic hydroxyl groups excluding tert-OH is 2. The molecule has 1 aliphatic carbocycles. The molecule has 228 valence electrons. The Balaban J connectivity index is 1.28. The highest BCUT2D eigenvalue weighted by molar-refractivity contribution is 5.91. The van der Waals surface area contributed by atoms with Gasteiger partial charge in [0.2, 0.25) is 23.6 Å². The van der Waals surface area contributed by atoms with Gasteiger partial charge in [-0.1, -0.05) is 6.07 Å². The number of ether oxygens (including phenoxy) is 1. The van der Waals surface area contributed by atoms with Crippen molar-refractivity contribution in [3.63, 3.8) is 0 Å². The summed E-state index contributed by atoms with van der Waals surface area (Å²) in [5, 5.41) is 26.7. The molecule has 14 heteroatoms. The number of benzene rings is 1. The second-order valence-electron chi connectivity index (χ2n) is 11.9. The fraction of sp³-hybridized carbons (Fsp3) is 0.643. The van der Waals surface area contributed by atoms with E-state index in [-0.39, 0.29) is 69.8 Å². The second kappa shape index (κ2) is 11.5. The Labute approximate surface area is 240 Å². The molecule has 0 unspecified atom stereocenters. The molecule has 12 nitrogen and oxygen atoms in total. The number of piperazine rings is 1. The van der Waals surface area contributed by atoms with Crippen molar-refractivity contribution in [3.8, 4) is 0 Å². The lowest BCUT2D eigenvalue weighted by molar-refractivity contribution is -0.151. The van der Waals surface area contributed by atoms with E-state index in [9.17, 15) is 38.2 Å². The molecule has 7 atom stereocenters. The van der Waals surface area contributed by atoms with Crippen molar-refractivity contribution < 1.29 is 42.9 Å². The minimum Gasteiger partial charge on any atom is -0.388 e. The molecule has 4 aliphatic heterocycles. The Hall–Kier alpha value is -3.20. The third-order valence-corrected chi connectivity index (χ3v) is 8.95. The van der Waals surface area contributed by atoms with Gasteiger partial charge < -0.3 is 35.4 Å². The van der Waals surface area contributed by atoms with E-state index in [0.29, 0.717) is 5.56 Å². The van der Waals surface area contributed by atoms with Crippen molar-refractivity contribution in [1.82, 2.24) is 25.3 Å². The quantitative estimate of drug-likeness (QED) is 0.331. The van der Waals surface area contributed by atoms with Gasteiger partial charge in [-0.3, -0.25) is 24.1 Å². The highest BCUT2D eigenvalue weighted by Gasteiger charge is 2.48. The van der Waals surface area contributed by atoms with Gasteiger partial charge in [-0.2, -0.15) is 0 Å². The molecule has 6 bridgehead atoms. The fourth-order valence-electron chi connectivity index (χ4n) is 6.51. The van der Waals surface area contributed by atoms with Crippen molar-refractivity contribution in [3.05, 3.63) is 35.4 Å². The van der Waals surface area contributed by atoms with Crippen LogP contribution in [0.3, 0.4) is 0 Å². The molecule has 4 heterocycles. The van der Waals surface area contributed by atoms with E-state index >= 15 is 0 Å². The van der Waals surface area contributed by atoms with Gasteiger partial charge in [-0.15, -0.1) is 0 Å². The molecule has 0 spiro atoms. The average molecular weight is 592 g/mol. The maximum absolute atomic E-state index is 14.0. The Morgan fingerprint density at radius 2 is 1.76 bits per heavy atom. The third-order valence-electron chi connectivity index (χ3n) is 8.95. The van der Waals surface area contributed by atoms with Gasteiger partial charge in [0.15, 0.2) is 11.6 Å². The van der Waals surface area contributed by atoms with E-state index in [0.717, 1.165) is 25.0 Å².